The third-order valence-electron chi connectivity index (χ3n) is 11.8. The fourth-order valence-corrected chi connectivity index (χ4v) is 11.3. The van der Waals surface area contributed by atoms with E-state index < -0.39 is 28.8 Å². The molecule has 6 fully saturated rings. The van der Waals surface area contributed by atoms with Gasteiger partial charge >= 0.3 is 0 Å². The van der Waals surface area contributed by atoms with E-state index in [1.54, 1.807) is 35.5 Å². The number of piperidine rings is 1. The maximum absolute atomic E-state index is 13.2. The number of likely N-dealkylation sites (tertiary alicyclic amines) is 1. The Bertz CT molecular complexity index is 829. The van der Waals surface area contributed by atoms with Crippen molar-refractivity contribution in [1.82, 2.24) is 4.90 Å². The van der Waals surface area contributed by atoms with Crippen molar-refractivity contribution in [2.24, 2.45) is 34.5 Å². The molecule has 1 spiro atoms. The summed E-state index contributed by atoms with van der Waals surface area (Å²) in [6.45, 7) is 4.39. The molecule has 0 aromatic rings. The topological polar surface area (TPSA) is 89.9 Å². The number of fused-ring (bicyclic) bond motifs is 2. The second-order valence-electron chi connectivity index (χ2n) is 12.1. The third-order valence-corrected chi connectivity index (χ3v) is 11.8. The first kappa shape index (κ1) is 24.0. The highest BCUT2D eigenvalue weighted by Crippen LogP contribution is 2.80. The quantitative estimate of drug-likeness (QED) is 0.555. The number of aliphatic hydroxyl groups is 2. The molecule has 7 bridgehead atoms. The predicted octanol–water partition coefficient (Wildman–Crippen LogP) is 0.925. The van der Waals surface area contributed by atoms with Crippen LogP contribution in [0.4, 0.5) is 0 Å². The zero-order valence-corrected chi connectivity index (χ0v) is 21.5. The molecule has 1 saturated heterocycles. The minimum atomic E-state index is -1.32. The van der Waals surface area contributed by atoms with Crippen molar-refractivity contribution >= 4 is 0 Å². The molecule has 0 amide bonds. The second-order valence-corrected chi connectivity index (χ2v) is 12.1. The first-order chi connectivity index (χ1) is 16.3. The average molecular weight is 482 g/mol. The van der Waals surface area contributed by atoms with Crippen molar-refractivity contribution < 1.29 is 33.9 Å². The highest BCUT2D eigenvalue weighted by Gasteiger charge is 2.91. The fourth-order valence-electron chi connectivity index (χ4n) is 11.3. The van der Waals surface area contributed by atoms with E-state index in [0.29, 0.717) is 13.0 Å². The lowest BCUT2D eigenvalue weighted by molar-refractivity contribution is -0.325. The highest BCUT2D eigenvalue weighted by molar-refractivity contribution is 5.41. The summed E-state index contributed by atoms with van der Waals surface area (Å²) in [5.41, 5.74) is -2.92. The van der Waals surface area contributed by atoms with Gasteiger partial charge in [-0.05, 0) is 31.7 Å². The summed E-state index contributed by atoms with van der Waals surface area (Å²) in [6, 6.07) is -0.256. The van der Waals surface area contributed by atoms with E-state index in [4.69, 9.17) is 23.7 Å². The monoisotopic (exact) mass is 481 g/mol. The normalized spacial score (nSPS) is 59.5. The maximum Gasteiger partial charge on any atom is 0.136 e. The van der Waals surface area contributed by atoms with Gasteiger partial charge in [0, 0.05) is 77.1 Å². The second kappa shape index (κ2) is 7.60. The van der Waals surface area contributed by atoms with Gasteiger partial charge < -0.3 is 33.9 Å². The summed E-state index contributed by atoms with van der Waals surface area (Å²) in [7, 11) is 8.77. The van der Waals surface area contributed by atoms with Crippen molar-refractivity contribution in [1.29, 1.82) is 0 Å². The Morgan fingerprint density at radius 3 is 2.41 bits per heavy atom. The molecule has 34 heavy (non-hydrogen) atoms. The zero-order chi connectivity index (χ0) is 24.3. The van der Waals surface area contributed by atoms with Gasteiger partial charge in [-0.1, -0.05) is 6.92 Å². The summed E-state index contributed by atoms with van der Waals surface area (Å²) >= 11 is 0. The summed E-state index contributed by atoms with van der Waals surface area (Å²) in [6.07, 6.45) is 1.92. The van der Waals surface area contributed by atoms with E-state index in [9.17, 15) is 10.2 Å². The number of nitrogens with zero attached hydrogens (tertiary/aromatic N) is 1. The smallest absolute Gasteiger partial charge is 0.136 e. The molecule has 6 aliphatic rings. The number of aliphatic hydroxyl groups excluding tert-OH is 1. The van der Waals surface area contributed by atoms with Gasteiger partial charge in [0.05, 0.1) is 37.1 Å². The maximum atomic E-state index is 13.2. The molecule has 6 rings (SSSR count). The van der Waals surface area contributed by atoms with E-state index in [1.807, 2.05) is 0 Å². The summed E-state index contributed by atoms with van der Waals surface area (Å²) in [4.78, 5) is 2.43. The molecule has 1 aliphatic heterocycles. The van der Waals surface area contributed by atoms with Gasteiger partial charge in [0.25, 0.3) is 0 Å². The standard InChI is InChI=1S/C26H43NO7/c1-7-27-12-23(13-30-2)9-8-17(28)25-15-10-14-16(31-3)11-24(34-6,18(15)19(14)32-4)26(29,22(25)27)21(33-5)20(23)25/h14-22,28-29H,7-13H2,1-6H3. The van der Waals surface area contributed by atoms with Crippen molar-refractivity contribution in [2.45, 2.75) is 74.3 Å². The van der Waals surface area contributed by atoms with Crippen LogP contribution < -0.4 is 0 Å². The van der Waals surface area contributed by atoms with E-state index in [1.165, 1.54) is 0 Å². The van der Waals surface area contributed by atoms with E-state index in [0.717, 1.165) is 32.4 Å². The van der Waals surface area contributed by atoms with Crippen LogP contribution in [0.25, 0.3) is 0 Å². The van der Waals surface area contributed by atoms with Crippen LogP contribution in [0.15, 0.2) is 0 Å². The van der Waals surface area contributed by atoms with Gasteiger partial charge in [-0.2, -0.15) is 0 Å². The number of ether oxygens (including phenoxy) is 5. The Hall–Kier alpha value is -0.320. The van der Waals surface area contributed by atoms with Gasteiger partial charge in [-0.3, -0.25) is 4.90 Å². The summed E-state index contributed by atoms with van der Waals surface area (Å²) in [5.74, 6) is 0.297. The average Bonchev–Trinajstić information content (AvgIpc) is 3.24. The Labute approximate surface area is 203 Å². The van der Waals surface area contributed by atoms with Crippen molar-refractivity contribution in [3.05, 3.63) is 0 Å². The van der Waals surface area contributed by atoms with Crippen LogP contribution in [0.1, 0.15) is 32.6 Å². The minimum absolute atomic E-state index is 0.0219. The molecule has 0 aromatic carbocycles. The molecule has 1 heterocycles. The molecule has 2 N–H and O–H groups in total. The van der Waals surface area contributed by atoms with Crippen molar-refractivity contribution in [2.75, 3.05) is 55.2 Å². The molecular weight excluding hydrogens is 438 g/mol. The third kappa shape index (κ3) is 2.23. The number of hydrogen-bond acceptors (Lipinski definition) is 8. The van der Waals surface area contributed by atoms with Gasteiger partial charge in [0.15, 0.2) is 0 Å². The lowest BCUT2D eigenvalue weighted by atomic mass is 9.42. The van der Waals surface area contributed by atoms with Crippen LogP contribution in [-0.2, 0) is 23.7 Å². The summed E-state index contributed by atoms with van der Waals surface area (Å²) in [5, 5.41) is 25.3. The highest BCUT2D eigenvalue weighted by atomic mass is 16.5. The van der Waals surface area contributed by atoms with Crippen molar-refractivity contribution in [3.63, 3.8) is 0 Å². The molecule has 13 unspecified atom stereocenters. The molecule has 8 nitrogen and oxygen atoms in total. The van der Waals surface area contributed by atoms with Crippen LogP contribution in [-0.4, -0.2) is 112 Å². The van der Waals surface area contributed by atoms with Crippen LogP contribution in [0.5, 0.6) is 0 Å². The van der Waals surface area contributed by atoms with E-state index >= 15 is 0 Å². The lowest BCUT2D eigenvalue weighted by Crippen LogP contribution is -2.82. The van der Waals surface area contributed by atoms with Crippen LogP contribution in [0.2, 0.25) is 0 Å². The lowest BCUT2D eigenvalue weighted by Gasteiger charge is -2.70. The Kier molecular flexibility index (Phi) is 5.38. The number of rotatable bonds is 7. The number of likely N-dealkylation sites (N-methyl/N-ethyl adjacent to an activating group) is 1. The first-order valence-corrected chi connectivity index (χ1v) is 13.1. The van der Waals surface area contributed by atoms with Gasteiger partial charge in [0.2, 0.25) is 0 Å². The zero-order valence-electron chi connectivity index (χ0n) is 21.5. The predicted molar refractivity (Wildman–Crippen MR) is 123 cm³/mol. The molecule has 0 radical (unpaired) electrons. The van der Waals surface area contributed by atoms with Gasteiger partial charge in [-0.25, -0.2) is 0 Å². The number of methoxy groups -OCH3 is 5. The van der Waals surface area contributed by atoms with Crippen LogP contribution in [0, 0.1) is 34.5 Å². The first-order valence-electron chi connectivity index (χ1n) is 13.1. The Morgan fingerprint density at radius 1 is 1.06 bits per heavy atom. The van der Waals surface area contributed by atoms with Crippen molar-refractivity contribution in [3.8, 4) is 0 Å². The fraction of sp³-hybridized carbons (Fsp3) is 1.00. The molecule has 5 aliphatic carbocycles. The SMILES string of the molecule is CCN1CC2(COC)CCC(O)C34C5CC6C(OC)CC(OC)(C5C6OC)C(O)(C(OC)C23)C14. The van der Waals surface area contributed by atoms with Gasteiger partial charge in [-0.15, -0.1) is 0 Å². The van der Waals surface area contributed by atoms with Crippen LogP contribution in [0.3, 0.4) is 0 Å². The van der Waals surface area contributed by atoms with E-state index in [2.05, 4.69) is 11.8 Å². The minimum Gasteiger partial charge on any atom is -0.392 e. The largest absolute Gasteiger partial charge is 0.392 e. The molecule has 194 valence electrons. The molecule has 8 heteroatoms. The molecule has 13 atom stereocenters. The molecule has 5 saturated carbocycles. The Balaban J connectivity index is 1.68. The van der Waals surface area contributed by atoms with Crippen LogP contribution >= 0.6 is 0 Å². The summed E-state index contributed by atoms with van der Waals surface area (Å²) < 4.78 is 31.1. The van der Waals surface area contributed by atoms with Gasteiger partial charge in [0.1, 0.15) is 11.2 Å². The molecule has 0 aromatic heterocycles. The van der Waals surface area contributed by atoms with E-state index in [-0.39, 0.29) is 47.3 Å². The number of hydrogen-bond donors (Lipinski definition) is 2. The Morgan fingerprint density at radius 2 is 1.82 bits per heavy atom. The molecular formula is C26H43NO7.